The number of carbonyl (C=O) groups excluding carboxylic acids is 2. The average Bonchev–Trinajstić information content (AvgIpc) is 2.74. The molecule has 104 valence electrons. The molecule has 21 heavy (non-hydrogen) atoms. The van der Waals surface area contributed by atoms with E-state index in [1.54, 1.807) is 36.4 Å². The van der Waals surface area contributed by atoms with E-state index in [4.69, 9.17) is 11.6 Å². The summed E-state index contributed by atoms with van der Waals surface area (Å²) in [5.41, 5.74) is 1.90. The van der Waals surface area contributed by atoms with Crippen LogP contribution in [0.25, 0.3) is 5.57 Å². The van der Waals surface area contributed by atoms with Gasteiger partial charge in [0.1, 0.15) is 5.70 Å². The third kappa shape index (κ3) is 2.66. The van der Waals surface area contributed by atoms with Gasteiger partial charge in [-0.3, -0.25) is 14.9 Å². The zero-order valence-electron chi connectivity index (χ0n) is 10.9. The van der Waals surface area contributed by atoms with E-state index in [0.717, 1.165) is 0 Å². The van der Waals surface area contributed by atoms with E-state index in [0.29, 0.717) is 21.8 Å². The van der Waals surface area contributed by atoms with Crippen LogP contribution in [0.2, 0.25) is 5.02 Å². The van der Waals surface area contributed by atoms with Crippen molar-refractivity contribution in [3.8, 4) is 0 Å². The lowest BCUT2D eigenvalue weighted by Gasteiger charge is -2.08. The first-order chi connectivity index (χ1) is 10.1. The number of anilines is 1. The van der Waals surface area contributed by atoms with E-state index >= 15 is 0 Å². The maximum absolute atomic E-state index is 12.0. The number of rotatable bonds is 3. The number of halogens is 1. The van der Waals surface area contributed by atoms with E-state index < -0.39 is 11.8 Å². The second kappa shape index (κ2) is 5.42. The standard InChI is InChI=1S/C16H11ClN2O2/c17-11-7-4-8-12(9-11)18-14-13(15(20)19-16(14)21)10-5-2-1-3-6-10/h1-9H,(H2,18,19,20,21). The summed E-state index contributed by atoms with van der Waals surface area (Å²) >= 11 is 5.93. The summed E-state index contributed by atoms with van der Waals surface area (Å²) in [5, 5.41) is 5.82. The minimum atomic E-state index is -0.446. The fraction of sp³-hybridized carbons (Fsp3) is 0. The largest absolute Gasteiger partial charge is 0.350 e. The number of amides is 2. The van der Waals surface area contributed by atoms with Gasteiger partial charge in [0.2, 0.25) is 0 Å². The van der Waals surface area contributed by atoms with Crippen molar-refractivity contribution in [2.75, 3.05) is 5.32 Å². The Morgan fingerprint density at radius 2 is 1.67 bits per heavy atom. The lowest BCUT2D eigenvalue weighted by atomic mass is 10.0. The molecule has 1 aliphatic rings. The van der Waals surface area contributed by atoms with Gasteiger partial charge in [0.25, 0.3) is 11.8 Å². The Labute approximate surface area is 126 Å². The number of hydrogen-bond donors (Lipinski definition) is 2. The first-order valence-corrected chi connectivity index (χ1v) is 6.71. The quantitative estimate of drug-likeness (QED) is 0.857. The van der Waals surface area contributed by atoms with Crippen LogP contribution in [0.4, 0.5) is 5.69 Å². The Morgan fingerprint density at radius 1 is 0.905 bits per heavy atom. The molecule has 4 nitrogen and oxygen atoms in total. The van der Waals surface area contributed by atoms with Gasteiger partial charge >= 0.3 is 0 Å². The van der Waals surface area contributed by atoms with Gasteiger partial charge < -0.3 is 5.32 Å². The summed E-state index contributed by atoms with van der Waals surface area (Å²) in [6.07, 6.45) is 0. The zero-order chi connectivity index (χ0) is 14.8. The molecule has 0 bridgehead atoms. The van der Waals surface area contributed by atoms with Gasteiger partial charge in [0.15, 0.2) is 0 Å². The molecule has 0 aliphatic carbocycles. The van der Waals surface area contributed by atoms with Crippen molar-refractivity contribution < 1.29 is 9.59 Å². The van der Waals surface area contributed by atoms with Crippen molar-refractivity contribution in [3.63, 3.8) is 0 Å². The molecule has 0 radical (unpaired) electrons. The highest BCUT2D eigenvalue weighted by molar-refractivity contribution is 6.36. The summed E-state index contributed by atoms with van der Waals surface area (Å²) < 4.78 is 0. The van der Waals surface area contributed by atoms with Crippen LogP contribution in [0.3, 0.4) is 0 Å². The topological polar surface area (TPSA) is 58.2 Å². The monoisotopic (exact) mass is 298 g/mol. The molecule has 5 heteroatoms. The molecule has 2 aromatic carbocycles. The smallest absolute Gasteiger partial charge is 0.275 e. The van der Waals surface area contributed by atoms with E-state index in [9.17, 15) is 9.59 Å². The van der Waals surface area contributed by atoms with E-state index in [2.05, 4.69) is 10.6 Å². The van der Waals surface area contributed by atoms with E-state index in [1.165, 1.54) is 0 Å². The number of nitrogens with one attached hydrogen (secondary N) is 2. The molecule has 0 saturated heterocycles. The highest BCUT2D eigenvalue weighted by Crippen LogP contribution is 2.26. The Balaban J connectivity index is 2.05. The van der Waals surface area contributed by atoms with Crippen LogP contribution in [0.5, 0.6) is 0 Å². The average molecular weight is 299 g/mol. The number of carbonyl (C=O) groups is 2. The van der Waals surface area contributed by atoms with Crippen molar-refractivity contribution in [2.45, 2.75) is 0 Å². The highest BCUT2D eigenvalue weighted by Gasteiger charge is 2.31. The predicted molar refractivity (Wildman–Crippen MR) is 81.6 cm³/mol. The van der Waals surface area contributed by atoms with Crippen LogP contribution < -0.4 is 10.6 Å². The molecule has 1 aliphatic heterocycles. The van der Waals surface area contributed by atoms with E-state index in [1.807, 2.05) is 18.2 Å². The lowest BCUT2D eigenvalue weighted by Crippen LogP contribution is -2.24. The summed E-state index contributed by atoms with van der Waals surface area (Å²) in [4.78, 5) is 24.0. The fourth-order valence-electron chi connectivity index (χ4n) is 2.17. The minimum Gasteiger partial charge on any atom is -0.350 e. The van der Waals surface area contributed by atoms with Crippen LogP contribution >= 0.6 is 11.6 Å². The van der Waals surface area contributed by atoms with Gasteiger partial charge in [-0.1, -0.05) is 48.0 Å². The summed E-state index contributed by atoms with van der Waals surface area (Å²) in [5.74, 6) is -0.852. The van der Waals surface area contributed by atoms with Crippen LogP contribution in [0, 0.1) is 0 Å². The molecule has 0 fully saturated rings. The van der Waals surface area contributed by atoms with Gasteiger partial charge in [-0.25, -0.2) is 0 Å². The van der Waals surface area contributed by atoms with Crippen molar-refractivity contribution in [2.24, 2.45) is 0 Å². The third-order valence-corrected chi connectivity index (χ3v) is 3.32. The fourth-order valence-corrected chi connectivity index (χ4v) is 2.36. The maximum atomic E-state index is 12.0. The van der Waals surface area contributed by atoms with E-state index in [-0.39, 0.29) is 5.70 Å². The molecule has 2 aromatic rings. The molecule has 3 rings (SSSR count). The Hall–Kier alpha value is -2.59. The summed E-state index contributed by atoms with van der Waals surface area (Å²) in [7, 11) is 0. The summed E-state index contributed by atoms with van der Waals surface area (Å²) in [6.45, 7) is 0. The number of hydrogen-bond acceptors (Lipinski definition) is 3. The highest BCUT2D eigenvalue weighted by atomic mass is 35.5. The van der Waals surface area contributed by atoms with Crippen LogP contribution in [-0.2, 0) is 9.59 Å². The van der Waals surface area contributed by atoms with Gasteiger partial charge in [0.05, 0.1) is 5.57 Å². The van der Waals surface area contributed by atoms with Crippen molar-refractivity contribution in [1.29, 1.82) is 0 Å². The minimum absolute atomic E-state index is 0.230. The first-order valence-electron chi connectivity index (χ1n) is 6.33. The van der Waals surface area contributed by atoms with Crippen LogP contribution in [-0.4, -0.2) is 11.8 Å². The molecule has 2 amide bonds. The van der Waals surface area contributed by atoms with Crippen LogP contribution in [0.15, 0.2) is 60.3 Å². The molecule has 0 unspecified atom stereocenters. The molecule has 0 aromatic heterocycles. The van der Waals surface area contributed by atoms with Crippen molar-refractivity contribution in [1.82, 2.24) is 5.32 Å². The van der Waals surface area contributed by atoms with Crippen LogP contribution in [0.1, 0.15) is 5.56 Å². The molecule has 2 N–H and O–H groups in total. The number of imide groups is 1. The summed E-state index contributed by atoms with van der Waals surface area (Å²) in [6, 6.07) is 16.0. The molecule has 0 atom stereocenters. The maximum Gasteiger partial charge on any atom is 0.275 e. The predicted octanol–water partition coefficient (Wildman–Crippen LogP) is 2.82. The Morgan fingerprint density at radius 3 is 2.38 bits per heavy atom. The Bertz CT molecular complexity index is 754. The molecule has 1 heterocycles. The first kappa shape index (κ1) is 13.4. The molecule has 0 spiro atoms. The second-order valence-corrected chi connectivity index (χ2v) is 4.97. The van der Waals surface area contributed by atoms with Gasteiger partial charge in [-0.05, 0) is 23.8 Å². The van der Waals surface area contributed by atoms with Gasteiger partial charge in [0, 0.05) is 10.7 Å². The molecular formula is C16H11ClN2O2. The van der Waals surface area contributed by atoms with Gasteiger partial charge in [-0.2, -0.15) is 0 Å². The zero-order valence-corrected chi connectivity index (χ0v) is 11.6. The molecule has 0 saturated carbocycles. The lowest BCUT2D eigenvalue weighted by molar-refractivity contribution is -0.123. The SMILES string of the molecule is O=C1NC(=O)C(c2ccccc2)=C1Nc1cccc(Cl)c1. The number of benzene rings is 2. The normalized spacial score (nSPS) is 14.3. The Kier molecular flexibility index (Phi) is 3.46. The molecular weight excluding hydrogens is 288 g/mol. The van der Waals surface area contributed by atoms with Crippen molar-refractivity contribution >= 4 is 34.7 Å². The van der Waals surface area contributed by atoms with Crippen molar-refractivity contribution in [3.05, 3.63) is 70.9 Å². The third-order valence-electron chi connectivity index (χ3n) is 3.09. The van der Waals surface area contributed by atoms with Gasteiger partial charge in [-0.15, -0.1) is 0 Å². The second-order valence-electron chi connectivity index (χ2n) is 4.53.